The molecule has 0 spiro atoms. The second kappa shape index (κ2) is 8.12. The van der Waals surface area contributed by atoms with Crippen molar-refractivity contribution in [3.05, 3.63) is 31.8 Å². The van der Waals surface area contributed by atoms with Crippen molar-refractivity contribution in [2.75, 3.05) is 19.7 Å². The lowest BCUT2D eigenvalue weighted by molar-refractivity contribution is 0.0718. The van der Waals surface area contributed by atoms with E-state index in [0.717, 1.165) is 20.9 Å². The first-order valence-electron chi connectivity index (χ1n) is 5.95. The van der Waals surface area contributed by atoms with Crippen LogP contribution in [-0.4, -0.2) is 35.6 Å². The van der Waals surface area contributed by atoms with Gasteiger partial charge in [0.15, 0.2) is 0 Å². The summed E-state index contributed by atoms with van der Waals surface area (Å²) in [5.74, 6) is -0.0251. The van der Waals surface area contributed by atoms with Gasteiger partial charge in [-0.2, -0.15) is 0 Å². The van der Waals surface area contributed by atoms with Crippen molar-refractivity contribution in [3.63, 3.8) is 0 Å². The molecule has 1 aromatic rings. The Morgan fingerprint density at radius 1 is 1.44 bits per heavy atom. The summed E-state index contributed by atoms with van der Waals surface area (Å²) in [5.41, 5.74) is 0.659. The maximum atomic E-state index is 12.4. The van der Waals surface area contributed by atoms with E-state index in [-0.39, 0.29) is 12.5 Å². The molecule has 0 heterocycles. The lowest BCUT2D eigenvalue weighted by atomic mass is 10.2. The summed E-state index contributed by atoms with van der Waals surface area (Å²) in [7, 11) is 0. The van der Waals surface area contributed by atoms with Gasteiger partial charge in [-0.15, -0.1) is 0 Å². The highest BCUT2D eigenvalue weighted by Gasteiger charge is 2.17. The first-order valence-corrected chi connectivity index (χ1v) is 7.82. The van der Waals surface area contributed by atoms with Crippen LogP contribution in [0.25, 0.3) is 0 Å². The lowest BCUT2D eigenvalue weighted by Gasteiger charge is -2.22. The quantitative estimate of drug-likeness (QED) is 0.710. The molecule has 1 aromatic carbocycles. The molecule has 0 saturated carbocycles. The second-order valence-corrected chi connectivity index (χ2v) is 6.09. The van der Waals surface area contributed by atoms with Crippen molar-refractivity contribution >= 4 is 44.4 Å². The zero-order valence-corrected chi connectivity index (χ0v) is 14.1. The summed E-state index contributed by atoms with van der Waals surface area (Å²) in [6, 6.07) is 5.69. The number of halogens is 2. The fraction of sp³-hybridized carbons (Fsp3) is 0.462. The van der Waals surface area contributed by atoms with Gasteiger partial charge < -0.3 is 10.0 Å². The zero-order valence-electron chi connectivity index (χ0n) is 10.3. The second-order valence-electron chi connectivity index (χ2n) is 3.99. The number of hydrogen-bond donors (Lipinski definition) is 1. The smallest absolute Gasteiger partial charge is 0.255 e. The van der Waals surface area contributed by atoms with Crippen LogP contribution in [0.15, 0.2) is 22.7 Å². The predicted molar refractivity (Wildman–Crippen MR) is 84.8 cm³/mol. The maximum absolute atomic E-state index is 12.4. The van der Waals surface area contributed by atoms with E-state index in [1.165, 1.54) is 0 Å². The monoisotopic (exact) mass is 425 g/mol. The van der Waals surface area contributed by atoms with Crippen molar-refractivity contribution < 1.29 is 9.90 Å². The highest BCUT2D eigenvalue weighted by Crippen LogP contribution is 2.21. The third kappa shape index (κ3) is 4.51. The molecule has 0 radical (unpaired) electrons. The van der Waals surface area contributed by atoms with Gasteiger partial charge in [0.1, 0.15) is 0 Å². The van der Waals surface area contributed by atoms with Crippen LogP contribution in [0, 0.1) is 3.57 Å². The van der Waals surface area contributed by atoms with Crippen LogP contribution < -0.4 is 0 Å². The van der Waals surface area contributed by atoms with Crippen molar-refractivity contribution in [2.45, 2.75) is 19.8 Å². The van der Waals surface area contributed by atoms with Crippen molar-refractivity contribution in [2.24, 2.45) is 0 Å². The normalized spacial score (nSPS) is 10.4. The molecule has 0 unspecified atom stereocenters. The van der Waals surface area contributed by atoms with E-state index < -0.39 is 0 Å². The molecule has 3 nitrogen and oxygen atoms in total. The number of hydrogen-bond acceptors (Lipinski definition) is 2. The first-order chi connectivity index (χ1) is 8.60. The molecule has 0 fully saturated rings. The van der Waals surface area contributed by atoms with Gasteiger partial charge in [-0.25, -0.2) is 0 Å². The minimum atomic E-state index is -0.0251. The number of nitrogens with zero attached hydrogens (tertiary/aromatic N) is 1. The molecule has 0 bridgehead atoms. The largest absolute Gasteiger partial charge is 0.395 e. The van der Waals surface area contributed by atoms with Gasteiger partial charge >= 0.3 is 0 Å². The molecule has 0 aliphatic carbocycles. The standard InChI is InChI=1S/C13H17BrINO2/c1-2-3-6-16(7-8-17)13(18)11-9-10(15)4-5-12(11)14/h4-5,9,17H,2-3,6-8H2,1H3. The van der Waals surface area contributed by atoms with Gasteiger partial charge in [0.05, 0.1) is 12.2 Å². The van der Waals surface area contributed by atoms with Crippen LogP contribution in [0.4, 0.5) is 0 Å². The molecular formula is C13H17BrINO2. The number of rotatable bonds is 6. The summed E-state index contributed by atoms with van der Waals surface area (Å²) >= 11 is 5.59. The van der Waals surface area contributed by atoms with Gasteiger partial charge in [-0.3, -0.25) is 4.79 Å². The third-order valence-corrected chi connectivity index (χ3v) is 3.96. The van der Waals surface area contributed by atoms with E-state index >= 15 is 0 Å². The van der Waals surface area contributed by atoms with Crippen LogP contribution in [-0.2, 0) is 0 Å². The molecule has 0 saturated heterocycles. The average molecular weight is 426 g/mol. The fourth-order valence-corrected chi connectivity index (χ4v) is 2.52. The molecule has 0 atom stereocenters. The minimum Gasteiger partial charge on any atom is -0.395 e. The van der Waals surface area contributed by atoms with Crippen LogP contribution in [0.2, 0.25) is 0 Å². The van der Waals surface area contributed by atoms with E-state index in [0.29, 0.717) is 18.7 Å². The van der Waals surface area contributed by atoms with Gasteiger partial charge in [0.25, 0.3) is 5.91 Å². The number of amides is 1. The molecule has 1 rings (SSSR count). The topological polar surface area (TPSA) is 40.5 Å². The van der Waals surface area contributed by atoms with E-state index in [2.05, 4.69) is 45.4 Å². The fourth-order valence-electron chi connectivity index (χ4n) is 1.62. The molecule has 1 N–H and O–H groups in total. The molecular weight excluding hydrogens is 409 g/mol. The van der Waals surface area contributed by atoms with Crippen LogP contribution in [0.5, 0.6) is 0 Å². The number of aliphatic hydroxyl groups excluding tert-OH is 1. The van der Waals surface area contributed by atoms with Crippen molar-refractivity contribution in [1.82, 2.24) is 4.90 Å². The van der Waals surface area contributed by atoms with Crippen LogP contribution >= 0.6 is 38.5 Å². The maximum Gasteiger partial charge on any atom is 0.255 e. The number of carbonyl (C=O) groups is 1. The molecule has 100 valence electrons. The summed E-state index contributed by atoms with van der Waals surface area (Å²) in [6.45, 7) is 3.16. The van der Waals surface area contributed by atoms with E-state index in [4.69, 9.17) is 5.11 Å². The Balaban J connectivity index is 2.90. The highest BCUT2D eigenvalue weighted by molar-refractivity contribution is 14.1. The van der Waals surface area contributed by atoms with Crippen LogP contribution in [0.1, 0.15) is 30.1 Å². The molecule has 18 heavy (non-hydrogen) atoms. The zero-order chi connectivity index (χ0) is 13.5. The van der Waals surface area contributed by atoms with Crippen molar-refractivity contribution in [1.29, 1.82) is 0 Å². The summed E-state index contributed by atoms with van der Waals surface area (Å²) < 4.78 is 1.82. The molecule has 0 aliphatic rings. The number of aliphatic hydroxyl groups is 1. The Hall–Kier alpha value is -0.140. The Bertz CT molecular complexity index is 412. The van der Waals surface area contributed by atoms with Gasteiger partial charge in [-0.1, -0.05) is 13.3 Å². The number of benzene rings is 1. The predicted octanol–water partition coefficient (Wildman–Crippen LogP) is 3.29. The summed E-state index contributed by atoms with van der Waals surface area (Å²) in [4.78, 5) is 14.1. The van der Waals surface area contributed by atoms with Gasteiger partial charge in [0, 0.05) is 21.1 Å². The Kier molecular flexibility index (Phi) is 7.18. The minimum absolute atomic E-state index is 0.00298. The van der Waals surface area contributed by atoms with Crippen molar-refractivity contribution in [3.8, 4) is 0 Å². The number of carbonyl (C=O) groups excluding carboxylic acids is 1. The van der Waals surface area contributed by atoms with E-state index in [1.807, 2.05) is 18.2 Å². The molecule has 0 aliphatic heterocycles. The first kappa shape index (κ1) is 15.9. The lowest BCUT2D eigenvalue weighted by Crippen LogP contribution is -2.34. The Labute approximate surface area is 130 Å². The Morgan fingerprint density at radius 2 is 2.17 bits per heavy atom. The highest BCUT2D eigenvalue weighted by atomic mass is 127. The van der Waals surface area contributed by atoms with Crippen LogP contribution in [0.3, 0.4) is 0 Å². The summed E-state index contributed by atoms with van der Waals surface area (Å²) in [6.07, 6.45) is 1.98. The molecule has 5 heteroatoms. The van der Waals surface area contributed by atoms with Gasteiger partial charge in [0.2, 0.25) is 0 Å². The van der Waals surface area contributed by atoms with E-state index in [1.54, 1.807) is 4.90 Å². The average Bonchev–Trinajstić information content (AvgIpc) is 2.36. The summed E-state index contributed by atoms with van der Waals surface area (Å²) in [5, 5.41) is 9.05. The Morgan fingerprint density at radius 3 is 2.78 bits per heavy atom. The molecule has 0 aromatic heterocycles. The SMILES string of the molecule is CCCCN(CCO)C(=O)c1cc(I)ccc1Br. The molecule has 1 amide bonds. The third-order valence-electron chi connectivity index (χ3n) is 2.60. The van der Waals surface area contributed by atoms with Gasteiger partial charge in [-0.05, 0) is 63.1 Å². The van der Waals surface area contributed by atoms with E-state index in [9.17, 15) is 4.79 Å². The number of unbranched alkanes of at least 4 members (excludes halogenated alkanes) is 1.